The van der Waals surface area contributed by atoms with Crippen LogP contribution in [0.1, 0.15) is 37.4 Å². The lowest BCUT2D eigenvalue weighted by Crippen LogP contribution is -2.43. The van der Waals surface area contributed by atoms with E-state index >= 15 is 4.39 Å². The summed E-state index contributed by atoms with van der Waals surface area (Å²) in [6.45, 7) is 6.21. The minimum Gasteiger partial charge on any atom is -0.496 e. The molecule has 2 aliphatic rings. The molecular weight excluding hydrogens is 549 g/mol. The largest absolute Gasteiger partial charge is 0.496 e. The Balaban J connectivity index is 1.27. The highest BCUT2D eigenvalue weighted by Gasteiger charge is 2.28. The second-order valence-electron chi connectivity index (χ2n) is 10.8. The number of benzene rings is 3. The van der Waals surface area contributed by atoms with Gasteiger partial charge in [-0.2, -0.15) is 5.10 Å². The summed E-state index contributed by atoms with van der Waals surface area (Å²) in [6, 6.07) is 16.2. The fourth-order valence-corrected chi connectivity index (χ4v) is 5.75. The average molecular weight is 584 g/mol. The first-order valence-electron chi connectivity index (χ1n) is 14.3. The molecule has 0 spiro atoms. The Kier molecular flexibility index (Phi) is 7.73. The summed E-state index contributed by atoms with van der Waals surface area (Å²) in [5.74, 6) is -0.699. The number of ether oxygens (including phenoxy) is 1. The Morgan fingerprint density at radius 3 is 2.65 bits per heavy atom. The number of amides is 2. The number of para-hydroxylation sites is 1. The minimum absolute atomic E-state index is 0.108. The lowest BCUT2D eigenvalue weighted by atomic mass is 9.99. The molecule has 3 aromatic carbocycles. The molecule has 11 heteroatoms. The number of nitrogens with zero attached hydrogens (tertiary/aromatic N) is 3. The van der Waals surface area contributed by atoms with Gasteiger partial charge in [0.15, 0.2) is 0 Å². The molecule has 0 radical (unpaired) electrons. The molecule has 43 heavy (non-hydrogen) atoms. The van der Waals surface area contributed by atoms with Gasteiger partial charge in [-0.25, -0.2) is 9.07 Å². The van der Waals surface area contributed by atoms with Crippen LogP contribution >= 0.6 is 0 Å². The molecule has 0 unspecified atom stereocenters. The van der Waals surface area contributed by atoms with Crippen LogP contribution in [0.25, 0.3) is 11.3 Å². The summed E-state index contributed by atoms with van der Waals surface area (Å²) >= 11 is 0. The molecule has 4 aromatic rings. The van der Waals surface area contributed by atoms with Gasteiger partial charge in [-0.3, -0.25) is 9.59 Å². The van der Waals surface area contributed by atoms with Crippen LogP contribution in [0, 0.1) is 12.7 Å². The van der Waals surface area contributed by atoms with Gasteiger partial charge in [0.1, 0.15) is 28.6 Å². The van der Waals surface area contributed by atoms with E-state index in [4.69, 9.17) is 10.5 Å². The zero-order valence-corrected chi connectivity index (χ0v) is 24.2. The Morgan fingerprint density at radius 1 is 1.09 bits per heavy atom. The van der Waals surface area contributed by atoms with Crippen LogP contribution in [0.4, 0.5) is 21.6 Å². The Bertz CT molecular complexity index is 1710. The summed E-state index contributed by atoms with van der Waals surface area (Å²) in [4.78, 5) is 27.9. The van der Waals surface area contributed by atoms with Gasteiger partial charge >= 0.3 is 0 Å². The first-order valence-corrected chi connectivity index (χ1v) is 14.3. The molecular formula is C32H34FN7O3. The molecule has 222 valence electrons. The lowest BCUT2D eigenvalue weighted by molar-refractivity contribution is 0.0946. The van der Waals surface area contributed by atoms with E-state index in [9.17, 15) is 9.59 Å². The van der Waals surface area contributed by atoms with E-state index in [0.717, 1.165) is 48.7 Å². The normalized spacial score (nSPS) is 14.3. The maximum Gasteiger partial charge on any atom is 0.255 e. The van der Waals surface area contributed by atoms with E-state index in [2.05, 4.69) is 38.1 Å². The summed E-state index contributed by atoms with van der Waals surface area (Å²) in [5, 5.41) is 14.2. The van der Waals surface area contributed by atoms with Crippen molar-refractivity contribution >= 4 is 29.0 Å². The monoisotopic (exact) mass is 583 g/mol. The molecule has 0 atom stereocenters. The molecule has 1 fully saturated rings. The smallest absolute Gasteiger partial charge is 0.255 e. The van der Waals surface area contributed by atoms with Crippen LogP contribution in [0.3, 0.4) is 0 Å². The first-order chi connectivity index (χ1) is 20.8. The summed E-state index contributed by atoms with van der Waals surface area (Å²) in [7, 11) is 1.50. The Labute approximate surface area is 249 Å². The van der Waals surface area contributed by atoms with Crippen LogP contribution in [0.15, 0.2) is 54.6 Å². The standard InChI is InChI=1S/C32H34FN7O3/c1-19-15-24(25(33)17-21(19)18-36-32(42)23-5-3-4-6-27(23)43-2)29-28(30(34)41)31-37-26-8-7-22(39-13-10-35-11-14-39)16-20(26)9-12-40(31)38-29/h3-8,15-17,35,37H,9-14,18H2,1-2H3,(H2,34,41)(H,36,42). The highest BCUT2D eigenvalue weighted by atomic mass is 19.1. The van der Waals surface area contributed by atoms with Crippen LogP contribution in [0.2, 0.25) is 0 Å². The van der Waals surface area contributed by atoms with Crippen molar-refractivity contribution in [1.82, 2.24) is 20.4 Å². The third-order valence-corrected chi connectivity index (χ3v) is 8.09. The number of carbonyl (C=O) groups excluding carboxylic acids is 2. The average Bonchev–Trinajstić information content (AvgIpc) is 3.29. The van der Waals surface area contributed by atoms with Crippen LogP contribution in [-0.4, -0.2) is 54.9 Å². The zero-order chi connectivity index (χ0) is 30.1. The lowest BCUT2D eigenvalue weighted by Gasteiger charge is -2.30. The molecule has 0 aliphatic carbocycles. The van der Waals surface area contributed by atoms with Crippen molar-refractivity contribution < 1.29 is 18.7 Å². The number of fused-ring (bicyclic) bond motifs is 2. The molecule has 1 saturated heterocycles. The molecule has 5 N–H and O–H groups in total. The number of anilines is 3. The second-order valence-corrected chi connectivity index (χ2v) is 10.8. The number of methoxy groups -OCH3 is 1. The van der Waals surface area contributed by atoms with Gasteiger partial charge in [-0.05, 0) is 72.5 Å². The maximum atomic E-state index is 15.7. The molecule has 6 rings (SSSR count). The van der Waals surface area contributed by atoms with Crippen LogP contribution in [0.5, 0.6) is 5.75 Å². The van der Waals surface area contributed by atoms with Crippen molar-refractivity contribution in [3.05, 3.63) is 88.2 Å². The number of hydrogen-bond donors (Lipinski definition) is 4. The van der Waals surface area contributed by atoms with E-state index in [1.54, 1.807) is 35.0 Å². The Morgan fingerprint density at radius 2 is 1.88 bits per heavy atom. The number of piperazine rings is 1. The maximum absolute atomic E-state index is 15.7. The summed E-state index contributed by atoms with van der Waals surface area (Å²) < 4.78 is 22.6. The number of rotatable bonds is 7. The topological polar surface area (TPSA) is 127 Å². The number of halogens is 1. The van der Waals surface area contributed by atoms with Crippen molar-refractivity contribution in [2.24, 2.45) is 5.73 Å². The third-order valence-electron chi connectivity index (χ3n) is 8.09. The van der Waals surface area contributed by atoms with Crippen molar-refractivity contribution in [3.8, 4) is 17.0 Å². The van der Waals surface area contributed by atoms with E-state index < -0.39 is 11.7 Å². The van der Waals surface area contributed by atoms with Crippen molar-refractivity contribution in [2.45, 2.75) is 26.4 Å². The molecule has 2 aliphatic heterocycles. The summed E-state index contributed by atoms with van der Waals surface area (Å²) in [5.41, 5.74) is 11.2. The zero-order valence-electron chi connectivity index (χ0n) is 24.2. The number of hydrogen-bond acceptors (Lipinski definition) is 7. The number of carbonyl (C=O) groups is 2. The van der Waals surface area contributed by atoms with Crippen molar-refractivity contribution in [2.75, 3.05) is 43.5 Å². The number of nitrogens with one attached hydrogen (secondary N) is 3. The molecule has 1 aromatic heterocycles. The predicted molar refractivity (Wildman–Crippen MR) is 164 cm³/mol. The predicted octanol–water partition coefficient (Wildman–Crippen LogP) is 3.74. The van der Waals surface area contributed by atoms with Crippen LogP contribution in [-0.2, 0) is 19.5 Å². The van der Waals surface area contributed by atoms with Gasteiger partial charge in [-0.1, -0.05) is 12.1 Å². The first kappa shape index (κ1) is 28.2. The number of primary amides is 1. The fraction of sp³-hybridized carbons (Fsp3) is 0.281. The van der Waals surface area contributed by atoms with Gasteiger partial charge in [0.05, 0.1) is 12.7 Å². The van der Waals surface area contributed by atoms with Gasteiger partial charge in [-0.15, -0.1) is 0 Å². The van der Waals surface area contributed by atoms with E-state index in [-0.39, 0.29) is 29.3 Å². The molecule has 10 nitrogen and oxygen atoms in total. The van der Waals surface area contributed by atoms with Gasteiger partial charge in [0.25, 0.3) is 11.8 Å². The van der Waals surface area contributed by atoms with Crippen molar-refractivity contribution in [3.63, 3.8) is 0 Å². The SMILES string of the molecule is COc1ccccc1C(=O)NCc1cc(F)c(-c2nn3c(c2C(N)=O)Nc2ccc(N4CCNCC4)cc2CC3)cc1C. The van der Waals surface area contributed by atoms with Crippen molar-refractivity contribution in [1.29, 1.82) is 0 Å². The molecule has 2 amide bonds. The number of aromatic nitrogens is 2. The number of aryl methyl sites for hydroxylation is 3. The van der Waals surface area contributed by atoms with E-state index in [1.165, 1.54) is 13.2 Å². The third kappa shape index (κ3) is 5.51. The van der Waals surface area contributed by atoms with E-state index in [0.29, 0.717) is 35.7 Å². The molecule has 0 bridgehead atoms. The van der Waals surface area contributed by atoms with Gasteiger partial charge < -0.3 is 31.3 Å². The Hall–Kier alpha value is -4.90. The number of nitrogens with two attached hydrogens (primary N) is 1. The quantitative estimate of drug-likeness (QED) is 0.261. The summed E-state index contributed by atoms with van der Waals surface area (Å²) in [6.07, 6.45) is 0.681. The highest BCUT2D eigenvalue weighted by Crippen LogP contribution is 2.37. The van der Waals surface area contributed by atoms with Gasteiger partial charge in [0.2, 0.25) is 0 Å². The van der Waals surface area contributed by atoms with E-state index in [1.807, 2.05) is 13.0 Å². The van der Waals surface area contributed by atoms with Gasteiger partial charge in [0, 0.05) is 56.2 Å². The second kappa shape index (κ2) is 11.8. The highest BCUT2D eigenvalue weighted by molar-refractivity contribution is 6.04. The molecule has 3 heterocycles. The minimum atomic E-state index is -0.699. The molecule has 0 saturated carbocycles. The van der Waals surface area contributed by atoms with Crippen LogP contribution < -0.4 is 31.3 Å². The fourth-order valence-electron chi connectivity index (χ4n) is 5.75.